The summed E-state index contributed by atoms with van der Waals surface area (Å²) in [7, 11) is 0. The topological polar surface area (TPSA) is 46.6 Å². The number of nitrogens with zero attached hydrogens (tertiary/aromatic N) is 1. The van der Waals surface area contributed by atoms with Crippen LogP contribution in [0.5, 0.6) is 5.75 Å². The van der Waals surface area contributed by atoms with Gasteiger partial charge in [-0.3, -0.25) is 14.5 Å². The summed E-state index contributed by atoms with van der Waals surface area (Å²) < 4.78 is 5.51. The molecule has 2 aromatic rings. The van der Waals surface area contributed by atoms with Crippen LogP contribution in [0.1, 0.15) is 69.7 Å². The Morgan fingerprint density at radius 1 is 1.00 bits per heavy atom. The molecule has 1 aliphatic heterocycles. The average molecular weight is 450 g/mol. The lowest BCUT2D eigenvalue weighted by atomic mass is 9.63. The van der Waals surface area contributed by atoms with E-state index in [0.29, 0.717) is 12.3 Å². The number of benzene rings is 2. The molecule has 2 aromatic carbocycles. The second-order valence-electron chi connectivity index (χ2n) is 9.97. The molecule has 1 fully saturated rings. The highest BCUT2D eigenvalue weighted by Crippen LogP contribution is 2.49. The van der Waals surface area contributed by atoms with Crippen molar-refractivity contribution < 1.29 is 14.3 Å². The SMILES string of the molecule is CCOc1ccc(C=C2C(=O)SC(=O)N2c2cc3c(cc2C)C(C)(C)CCC3(C)C)cc1. The van der Waals surface area contributed by atoms with Crippen LogP contribution in [-0.4, -0.2) is 17.0 Å². The van der Waals surface area contributed by atoms with Crippen molar-refractivity contribution in [1.82, 2.24) is 0 Å². The summed E-state index contributed by atoms with van der Waals surface area (Å²) in [6.45, 7) is 13.7. The molecule has 1 saturated heterocycles. The molecule has 4 nitrogen and oxygen atoms in total. The van der Waals surface area contributed by atoms with Crippen LogP contribution in [0.4, 0.5) is 10.5 Å². The number of fused-ring (bicyclic) bond motifs is 1. The fraction of sp³-hybridized carbons (Fsp3) is 0.407. The minimum atomic E-state index is -0.247. The van der Waals surface area contributed by atoms with Gasteiger partial charge in [-0.2, -0.15) is 0 Å². The van der Waals surface area contributed by atoms with Crippen LogP contribution < -0.4 is 9.64 Å². The molecule has 0 saturated carbocycles. The second-order valence-corrected chi connectivity index (χ2v) is 10.9. The Balaban J connectivity index is 1.81. The van der Waals surface area contributed by atoms with Gasteiger partial charge >= 0.3 is 0 Å². The fourth-order valence-corrected chi connectivity index (χ4v) is 5.36. The number of ether oxygens (including phenoxy) is 1. The summed E-state index contributed by atoms with van der Waals surface area (Å²) >= 11 is 0.763. The first-order valence-corrected chi connectivity index (χ1v) is 12.0. The lowest BCUT2D eigenvalue weighted by Gasteiger charge is -2.42. The first-order valence-electron chi connectivity index (χ1n) is 11.2. The number of aryl methyl sites for hydroxylation is 1. The van der Waals surface area contributed by atoms with Crippen molar-refractivity contribution in [3.05, 3.63) is 64.3 Å². The van der Waals surface area contributed by atoms with Crippen LogP contribution in [0.15, 0.2) is 42.1 Å². The van der Waals surface area contributed by atoms with E-state index >= 15 is 0 Å². The number of hydrogen-bond donors (Lipinski definition) is 0. The van der Waals surface area contributed by atoms with Crippen LogP contribution in [0, 0.1) is 6.92 Å². The molecule has 0 unspecified atom stereocenters. The molecule has 0 N–H and O–H groups in total. The van der Waals surface area contributed by atoms with Gasteiger partial charge in [-0.1, -0.05) is 45.9 Å². The molecule has 1 amide bonds. The van der Waals surface area contributed by atoms with E-state index in [1.165, 1.54) is 11.1 Å². The molecule has 0 aromatic heterocycles. The van der Waals surface area contributed by atoms with E-state index < -0.39 is 0 Å². The molecule has 1 aliphatic carbocycles. The highest BCUT2D eigenvalue weighted by molar-refractivity contribution is 8.27. The third-order valence-corrected chi connectivity index (χ3v) is 7.47. The monoisotopic (exact) mass is 449 g/mol. The van der Waals surface area contributed by atoms with E-state index in [-0.39, 0.29) is 21.2 Å². The number of amides is 1. The van der Waals surface area contributed by atoms with Crippen molar-refractivity contribution in [3.63, 3.8) is 0 Å². The molecule has 0 bridgehead atoms. The van der Waals surface area contributed by atoms with Gasteiger partial charge in [0.05, 0.1) is 12.3 Å². The first kappa shape index (κ1) is 22.7. The van der Waals surface area contributed by atoms with Crippen molar-refractivity contribution in [2.24, 2.45) is 0 Å². The van der Waals surface area contributed by atoms with Crippen LogP contribution in [0.3, 0.4) is 0 Å². The Labute approximate surface area is 195 Å². The summed E-state index contributed by atoms with van der Waals surface area (Å²) in [5.41, 5.74) is 5.80. The first-order chi connectivity index (χ1) is 15.0. The normalized spacial score (nSPS) is 20.6. The lowest BCUT2D eigenvalue weighted by Crippen LogP contribution is -2.34. The molecule has 0 radical (unpaired) electrons. The maximum atomic E-state index is 12.9. The van der Waals surface area contributed by atoms with Gasteiger partial charge in [0.15, 0.2) is 0 Å². The second kappa shape index (κ2) is 8.11. The Hall–Kier alpha value is -2.53. The lowest BCUT2D eigenvalue weighted by molar-refractivity contribution is -0.107. The Kier molecular flexibility index (Phi) is 5.74. The van der Waals surface area contributed by atoms with Crippen molar-refractivity contribution >= 4 is 33.9 Å². The van der Waals surface area contributed by atoms with Crippen LogP contribution in [0.25, 0.3) is 6.08 Å². The number of carbonyl (C=O) groups excluding carboxylic acids is 2. The van der Waals surface area contributed by atoms with E-state index in [4.69, 9.17) is 4.74 Å². The predicted octanol–water partition coefficient (Wildman–Crippen LogP) is 6.98. The molecule has 0 spiro atoms. The van der Waals surface area contributed by atoms with Gasteiger partial charge in [0.25, 0.3) is 5.24 Å². The summed E-state index contributed by atoms with van der Waals surface area (Å²) in [5.74, 6) is 0.782. The minimum Gasteiger partial charge on any atom is -0.494 e. The van der Waals surface area contributed by atoms with Gasteiger partial charge in [0.1, 0.15) is 11.4 Å². The maximum Gasteiger partial charge on any atom is 0.298 e. The number of hydrogen-bond acceptors (Lipinski definition) is 4. The van der Waals surface area contributed by atoms with Gasteiger partial charge in [-0.25, -0.2) is 0 Å². The number of rotatable bonds is 4. The highest BCUT2D eigenvalue weighted by atomic mass is 32.2. The fourth-order valence-electron chi connectivity index (χ4n) is 4.65. The molecule has 168 valence electrons. The molecular weight excluding hydrogens is 418 g/mol. The van der Waals surface area contributed by atoms with Gasteiger partial charge in [0.2, 0.25) is 5.12 Å². The summed E-state index contributed by atoms with van der Waals surface area (Å²) in [4.78, 5) is 27.3. The zero-order valence-electron chi connectivity index (χ0n) is 19.7. The van der Waals surface area contributed by atoms with E-state index in [1.54, 1.807) is 11.0 Å². The Bertz CT molecular complexity index is 1110. The van der Waals surface area contributed by atoms with Crippen molar-refractivity contribution in [2.45, 2.75) is 65.2 Å². The standard InChI is InChI=1S/C27H31NO3S/c1-7-31-19-10-8-18(9-11-19)15-23-24(29)32-25(30)28(23)22-16-21-20(14-17(22)2)26(3,4)12-13-27(21,5)6/h8-11,14-16H,7,12-13H2,1-6H3. The summed E-state index contributed by atoms with van der Waals surface area (Å²) in [6.07, 6.45) is 4.02. The Morgan fingerprint density at radius 3 is 2.19 bits per heavy atom. The van der Waals surface area contributed by atoms with Crippen molar-refractivity contribution in [1.29, 1.82) is 0 Å². The zero-order valence-corrected chi connectivity index (χ0v) is 20.6. The molecule has 4 rings (SSSR count). The smallest absolute Gasteiger partial charge is 0.298 e. The largest absolute Gasteiger partial charge is 0.494 e. The molecule has 32 heavy (non-hydrogen) atoms. The minimum absolute atomic E-state index is 0.0201. The molecule has 5 heteroatoms. The van der Waals surface area contributed by atoms with Crippen molar-refractivity contribution in [2.75, 3.05) is 11.5 Å². The van der Waals surface area contributed by atoms with Crippen LogP contribution in [-0.2, 0) is 15.6 Å². The van der Waals surface area contributed by atoms with Gasteiger partial charge in [-0.15, -0.1) is 0 Å². The van der Waals surface area contributed by atoms with E-state index in [2.05, 4.69) is 39.8 Å². The highest BCUT2D eigenvalue weighted by Gasteiger charge is 2.41. The molecule has 2 aliphatic rings. The predicted molar refractivity (Wildman–Crippen MR) is 133 cm³/mol. The average Bonchev–Trinajstić information content (AvgIpc) is 3.00. The van der Waals surface area contributed by atoms with Crippen LogP contribution >= 0.6 is 11.8 Å². The van der Waals surface area contributed by atoms with Crippen LogP contribution in [0.2, 0.25) is 0 Å². The molecule has 0 atom stereocenters. The van der Waals surface area contributed by atoms with Gasteiger partial charge in [0, 0.05) is 11.8 Å². The van der Waals surface area contributed by atoms with E-state index in [9.17, 15) is 9.59 Å². The maximum absolute atomic E-state index is 12.9. The molecule has 1 heterocycles. The van der Waals surface area contributed by atoms with Gasteiger partial charge < -0.3 is 4.74 Å². The summed E-state index contributed by atoms with van der Waals surface area (Å²) in [5, 5.41) is -0.469. The third-order valence-electron chi connectivity index (χ3n) is 6.72. The number of anilines is 1. The van der Waals surface area contributed by atoms with Gasteiger partial charge in [-0.05, 0) is 84.0 Å². The van der Waals surface area contributed by atoms with E-state index in [0.717, 1.165) is 47.2 Å². The number of carbonyl (C=O) groups is 2. The Morgan fingerprint density at radius 2 is 1.59 bits per heavy atom. The zero-order chi connectivity index (χ0) is 23.3. The van der Waals surface area contributed by atoms with Crippen molar-refractivity contribution in [3.8, 4) is 5.75 Å². The quantitative estimate of drug-likeness (QED) is 0.472. The van der Waals surface area contributed by atoms with E-state index in [1.807, 2.05) is 38.1 Å². The summed E-state index contributed by atoms with van der Waals surface area (Å²) in [6, 6.07) is 11.9. The molecular formula is C27H31NO3S. The number of thioether (sulfide) groups is 1. The third kappa shape index (κ3) is 3.99.